The number of hydrogen-bond acceptors (Lipinski definition) is 4. The third-order valence-electron chi connectivity index (χ3n) is 3.50. The van der Waals surface area contributed by atoms with Gasteiger partial charge < -0.3 is 14.6 Å². The van der Waals surface area contributed by atoms with Gasteiger partial charge in [-0.05, 0) is 45.7 Å². The molecule has 1 saturated heterocycles. The van der Waals surface area contributed by atoms with E-state index in [9.17, 15) is 9.59 Å². The Bertz CT molecular complexity index is 618. The van der Waals surface area contributed by atoms with Gasteiger partial charge in [-0.2, -0.15) is 0 Å². The summed E-state index contributed by atoms with van der Waals surface area (Å²) in [6.07, 6.45) is 3.23. The molecule has 2 heterocycles. The van der Waals surface area contributed by atoms with E-state index in [1.54, 1.807) is 23.2 Å². The number of esters is 1. The number of H-pyrrole nitrogens is 1. The second kappa shape index (κ2) is 6.60. The van der Waals surface area contributed by atoms with Crippen molar-refractivity contribution in [3.05, 3.63) is 28.5 Å². The number of aromatic nitrogens is 1. The topological polar surface area (TPSA) is 62.4 Å². The number of likely N-dealkylation sites (tertiary alicyclic amines) is 1. The van der Waals surface area contributed by atoms with E-state index < -0.39 is 5.60 Å². The van der Waals surface area contributed by atoms with Crippen molar-refractivity contribution >= 4 is 24.1 Å². The molecule has 1 aromatic rings. The van der Waals surface area contributed by atoms with Gasteiger partial charge in [-0.25, -0.2) is 0 Å². The van der Waals surface area contributed by atoms with E-state index in [2.05, 4.69) is 4.98 Å². The Labute approximate surface area is 135 Å². The first-order chi connectivity index (χ1) is 10.3. The van der Waals surface area contributed by atoms with Crippen molar-refractivity contribution in [1.29, 1.82) is 0 Å². The maximum Gasteiger partial charge on any atom is 0.311 e. The second-order valence-corrected chi connectivity index (χ2v) is 6.94. The largest absolute Gasteiger partial charge is 0.460 e. The molecule has 1 amide bonds. The van der Waals surface area contributed by atoms with Gasteiger partial charge in [-0.3, -0.25) is 9.59 Å². The molecule has 1 aliphatic rings. The van der Waals surface area contributed by atoms with Gasteiger partial charge in [0, 0.05) is 19.3 Å². The fourth-order valence-electron chi connectivity index (χ4n) is 2.50. The summed E-state index contributed by atoms with van der Waals surface area (Å²) in [5.74, 6) is -0.628. The molecular formula is C16H22N2O3S. The minimum atomic E-state index is -0.508. The molecule has 1 unspecified atom stereocenters. The fraction of sp³-hybridized carbons (Fsp3) is 0.562. The van der Waals surface area contributed by atoms with E-state index in [0.717, 1.165) is 12.8 Å². The van der Waals surface area contributed by atoms with Crippen LogP contribution >= 0.6 is 12.2 Å². The molecular weight excluding hydrogens is 300 g/mol. The highest BCUT2D eigenvalue weighted by Gasteiger charge is 2.32. The molecule has 0 bridgehead atoms. The van der Waals surface area contributed by atoms with Crippen LogP contribution in [0.25, 0.3) is 0 Å². The number of pyridine rings is 1. The molecule has 0 spiro atoms. The molecule has 120 valence electrons. The van der Waals surface area contributed by atoms with Crippen molar-refractivity contribution in [3.8, 4) is 0 Å². The lowest BCUT2D eigenvalue weighted by Crippen LogP contribution is -2.44. The minimum absolute atomic E-state index is 0.130. The molecule has 0 radical (unpaired) electrons. The van der Waals surface area contributed by atoms with Crippen LogP contribution in [-0.4, -0.2) is 40.5 Å². The highest BCUT2D eigenvalue weighted by molar-refractivity contribution is 7.71. The smallest absolute Gasteiger partial charge is 0.311 e. The number of ether oxygens (including phenoxy) is 1. The van der Waals surface area contributed by atoms with Gasteiger partial charge in [0.25, 0.3) is 5.91 Å². The maximum atomic E-state index is 12.6. The zero-order chi connectivity index (χ0) is 16.3. The predicted octanol–water partition coefficient (Wildman–Crippen LogP) is 2.94. The highest BCUT2D eigenvalue weighted by Crippen LogP contribution is 2.22. The average molecular weight is 322 g/mol. The van der Waals surface area contributed by atoms with E-state index in [1.807, 2.05) is 20.8 Å². The minimum Gasteiger partial charge on any atom is -0.460 e. The van der Waals surface area contributed by atoms with Crippen LogP contribution in [-0.2, 0) is 9.53 Å². The third-order valence-corrected chi connectivity index (χ3v) is 3.84. The van der Waals surface area contributed by atoms with Crippen LogP contribution in [0.15, 0.2) is 18.3 Å². The predicted molar refractivity (Wildman–Crippen MR) is 86.1 cm³/mol. The lowest BCUT2D eigenvalue weighted by Gasteiger charge is -2.33. The first-order valence-electron chi connectivity index (χ1n) is 7.48. The molecule has 1 fully saturated rings. The summed E-state index contributed by atoms with van der Waals surface area (Å²) in [6.45, 7) is 6.57. The molecule has 1 N–H and O–H groups in total. The Morgan fingerprint density at radius 2 is 2.14 bits per heavy atom. The number of aromatic amines is 1. The van der Waals surface area contributed by atoms with Crippen molar-refractivity contribution < 1.29 is 14.3 Å². The average Bonchev–Trinajstić information content (AvgIpc) is 2.45. The summed E-state index contributed by atoms with van der Waals surface area (Å²) in [6, 6.07) is 3.45. The fourth-order valence-corrected chi connectivity index (χ4v) is 2.72. The van der Waals surface area contributed by atoms with Crippen molar-refractivity contribution in [2.24, 2.45) is 5.92 Å². The number of amides is 1. The van der Waals surface area contributed by atoms with Gasteiger partial charge >= 0.3 is 5.97 Å². The maximum absolute atomic E-state index is 12.6. The lowest BCUT2D eigenvalue weighted by molar-refractivity contribution is -0.161. The van der Waals surface area contributed by atoms with Gasteiger partial charge in [-0.15, -0.1) is 0 Å². The van der Waals surface area contributed by atoms with Crippen molar-refractivity contribution in [3.63, 3.8) is 0 Å². The molecule has 5 nitrogen and oxygen atoms in total. The molecule has 0 aliphatic carbocycles. The SMILES string of the molecule is CC(C)(C)OC(=O)C1CCCN(C(=O)c2ccc[nH]c2=S)C1. The third kappa shape index (κ3) is 4.16. The van der Waals surface area contributed by atoms with Gasteiger partial charge in [0.05, 0.1) is 11.5 Å². The van der Waals surface area contributed by atoms with Crippen LogP contribution < -0.4 is 0 Å². The summed E-state index contributed by atoms with van der Waals surface area (Å²) in [7, 11) is 0. The van der Waals surface area contributed by atoms with Crippen LogP contribution in [0.5, 0.6) is 0 Å². The molecule has 0 saturated carbocycles. The van der Waals surface area contributed by atoms with Crippen molar-refractivity contribution in [2.75, 3.05) is 13.1 Å². The standard InChI is InChI=1S/C16H22N2O3S/c1-16(2,3)21-15(20)11-6-5-9-18(10-11)14(19)12-7-4-8-17-13(12)22/h4,7-8,11H,5-6,9-10H2,1-3H3,(H,17,22). The Morgan fingerprint density at radius 3 is 2.77 bits per heavy atom. The van der Waals surface area contributed by atoms with E-state index >= 15 is 0 Å². The Morgan fingerprint density at radius 1 is 1.41 bits per heavy atom. The molecule has 1 aliphatic heterocycles. The molecule has 22 heavy (non-hydrogen) atoms. The number of rotatable bonds is 2. The monoisotopic (exact) mass is 322 g/mol. The summed E-state index contributed by atoms with van der Waals surface area (Å²) in [5, 5.41) is 0. The van der Waals surface area contributed by atoms with Crippen LogP contribution in [0.4, 0.5) is 0 Å². The lowest BCUT2D eigenvalue weighted by atomic mass is 9.97. The van der Waals surface area contributed by atoms with Gasteiger partial charge in [0.15, 0.2) is 0 Å². The van der Waals surface area contributed by atoms with Gasteiger partial charge in [0.2, 0.25) is 0 Å². The van der Waals surface area contributed by atoms with E-state index in [-0.39, 0.29) is 17.8 Å². The molecule has 6 heteroatoms. The number of carbonyl (C=O) groups excluding carboxylic acids is 2. The summed E-state index contributed by atoms with van der Waals surface area (Å²) in [5.41, 5.74) is -0.0340. The number of hydrogen-bond donors (Lipinski definition) is 1. The molecule has 0 aromatic carbocycles. The molecule has 1 aromatic heterocycles. The number of nitrogens with one attached hydrogen (secondary N) is 1. The second-order valence-electron chi connectivity index (χ2n) is 6.54. The Hall–Kier alpha value is -1.69. The van der Waals surface area contributed by atoms with E-state index in [1.165, 1.54) is 0 Å². The van der Waals surface area contributed by atoms with E-state index in [4.69, 9.17) is 17.0 Å². The number of carbonyl (C=O) groups is 2. The van der Waals surface area contributed by atoms with Crippen LogP contribution in [0.2, 0.25) is 0 Å². The van der Waals surface area contributed by atoms with Gasteiger partial charge in [-0.1, -0.05) is 12.2 Å². The summed E-state index contributed by atoms with van der Waals surface area (Å²) in [4.78, 5) is 29.3. The van der Waals surface area contributed by atoms with Crippen LogP contribution in [0.1, 0.15) is 44.0 Å². The zero-order valence-corrected chi connectivity index (χ0v) is 14.0. The Kier molecular flexibility index (Phi) is 5.01. The number of nitrogens with zero attached hydrogens (tertiary/aromatic N) is 1. The van der Waals surface area contributed by atoms with Crippen molar-refractivity contribution in [1.82, 2.24) is 9.88 Å². The zero-order valence-electron chi connectivity index (χ0n) is 13.2. The highest BCUT2D eigenvalue weighted by atomic mass is 32.1. The quantitative estimate of drug-likeness (QED) is 0.672. The first kappa shape index (κ1) is 16.7. The van der Waals surface area contributed by atoms with Crippen LogP contribution in [0.3, 0.4) is 0 Å². The number of piperidine rings is 1. The summed E-state index contributed by atoms with van der Waals surface area (Å²) >= 11 is 5.16. The molecule has 2 rings (SSSR count). The first-order valence-corrected chi connectivity index (χ1v) is 7.88. The normalized spacial score (nSPS) is 18.9. The van der Waals surface area contributed by atoms with Gasteiger partial charge in [0.1, 0.15) is 10.2 Å². The summed E-state index contributed by atoms with van der Waals surface area (Å²) < 4.78 is 5.85. The van der Waals surface area contributed by atoms with Crippen LogP contribution in [0, 0.1) is 10.6 Å². The molecule has 1 atom stereocenters. The van der Waals surface area contributed by atoms with Crippen molar-refractivity contribution in [2.45, 2.75) is 39.2 Å². The Balaban J connectivity index is 2.08. The van der Waals surface area contributed by atoms with E-state index in [0.29, 0.717) is 23.3 Å².